The van der Waals surface area contributed by atoms with E-state index in [1.54, 1.807) is 4.90 Å². The monoisotopic (exact) mass is 372 g/mol. The van der Waals surface area contributed by atoms with Gasteiger partial charge in [0.05, 0.1) is 18.7 Å². The predicted molar refractivity (Wildman–Crippen MR) is 105 cm³/mol. The summed E-state index contributed by atoms with van der Waals surface area (Å²) in [5, 5.41) is 10.4. The molecule has 2 atom stereocenters. The lowest BCUT2D eigenvalue weighted by atomic mass is 9.88. The zero-order valence-corrected chi connectivity index (χ0v) is 16.6. The largest absolute Gasteiger partial charge is 0.391 e. The normalized spacial score (nSPS) is 26.0. The van der Waals surface area contributed by atoms with Crippen molar-refractivity contribution in [1.82, 2.24) is 9.80 Å². The van der Waals surface area contributed by atoms with Crippen LogP contribution in [0, 0.1) is 5.41 Å². The number of hydrogen-bond acceptors (Lipinski definition) is 3. The molecular weight excluding hydrogens is 340 g/mol. The molecule has 5 heteroatoms. The maximum Gasteiger partial charge on any atom is 0.242 e. The summed E-state index contributed by atoms with van der Waals surface area (Å²) in [6.07, 6.45) is 4.34. The van der Waals surface area contributed by atoms with Crippen LogP contribution in [0.3, 0.4) is 0 Å². The Morgan fingerprint density at radius 1 is 1.15 bits per heavy atom. The molecule has 2 amide bonds. The van der Waals surface area contributed by atoms with E-state index in [2.05, 4.69) is 13.8 Å². The van der Waals surface area contributed by atoms with Gasteiger partial charge in [0.25, 0.3) is 0 Å². The Bertz CT molecular complexity index is 659. The maximum absolute atomic E-state index is 13.0. The Morgan fingerprint density at radius 2 is 1.85 bits per heavy atom. The average Bonchev–Trinajstić information content (AvgIpc) is 2.76. The van der Waals surface area contributed by atoms with Gasteiger partial charge in [0.1, 0.15) is 0 Å². The molecule has 1 aliphatic heterocycles. The molecule has 0 spiro atoms. The summed E-state index contributed by atoms with van der Waals surface area (Å²) in [7, 11) is 0. The Kier molecular flexibility index (Phi) is 6.20. The topological polar surface area (TPSA) is 60.9 Å². The van der Waals surface area contributed by atoms with E-state index in [0.29, 0.717) is 25.9 Å². The summed E-state index contributed by atoms with van der Waals surface area (Å²) in [5.74, 6) is 0.00547. The van der Waals surface area contributed by atoms with Gasteiger partial charge in [-0.1, -0.05) is 57.0 Å². The number of benzene rings is 1. The van der Waals surface area contributed by atoms with Gasteiger partial charge in [-0.05, 0) is 30.2 Å². The van der Waals surface area contributed by atoms with Gasteiger partial charge >= 0.3 is 0 Å². The van der Waals surface area contributed by atoms with Crippen molar-refractivity contribution in [3.8, 4) is 0 Å². The average molecular weight is 373 g/mol. The first-order chi connectivity index (χ1) is 12.9. The number of aryl methyl sites for hydroxylation is 1. The quantitative estimate of drug-likeness (QED) is 0.884. The summed E-state index contributed by atoms with van der Waals surface area (Å²) in [6.45, 7) is 5.50. The number of aliphatic hydroxyl groups excluding tert-OH is 1. The van der Waals surface area contributed by atoms with Crippen LogP contribution in [0.25, 0.3) is 0 Å². The Morgan fingerprint density at radius 3 is 2.56 bits per heavy atom. The first-order valence-electron chi connectivity index (χ1n) is 10.1. The number of carbonyl (C=O) groups excluding carboxylic acids is 2. The van der Waals surface area contributed by atoms with Crippen molar-refractivity contribution in [3.05, 3.63) is 35.9 Å². The third-order valence-electron chi connectivity index (χ3n) is 5.78. The molecular formula is C22H32N2O3. The van der Waals surface area contributed by atoms with Gasteiger partial charge in [-0.3, -0.25) is 9.59 Å². The second kappa shape index (κ2) is 8.42. The molecule has 5 nitrogen and oxygen atoms in total. The van der Waals surface area contributed by atoms with Gasteiger partial charge in [0.15, 0.2) is 0 Å². The standard InChI is InChI=1S/C22H32N2O3/c1-22(2)15-23(20(26)13-12-17-8-4-3-5-9-17)14-21(27)24(16-22)18-10-6-7-11-19(18)25/h3-5,8-9,18-19,25H,6-7,10-16H2,1-2H3/t18-,19-/m1/s1. The number of amides is 2. The fourth-order valence-corrected chi connectivity index (χ4v) is 4.41. The van der Waals surface area contributed by atoms with Crippen LogP contribution in [0.2, 0.25) is 0 Å². The van der Waals surface area contributed by atoms with Gasteiger partial charge in [-0.2, -0.15) is 0 Å². The van der Waals surface area contributed by atoms with Crippen LogP contribution in [-0.4, -0.2) is 58.5 Å². The molecule has 3 rings (SSSR count). The molecule has 1 saturated carbocycles. The maximum atomic E-state index is 13.0. The molecule has 0 radical (unpaired) electrons. The molecule has 2 aliphatic rings. The molecule has 1 N–H and O–H groups in total. The molecule has 1 aromatic carbocycles. The van der Waals surface area contributed by atoms with Crippen LogP contribution in [0.5, 0.6) is 0 Å². The number of carbonyl (C=O) groups is 2. The highest BCUT2D eigenvalue weighted by atomic mass is 16.3. The lowest BCUT2D eigenvalue weighted by molar-refractivity contribution is -0.142. The molecule has 0 aromatic heterocycles. The fourth-order valence-electron chi connectivity index (χ4n) is 4.41. The van der Waals surface area contributed by atoms with Crippen LogP contribution < -0.4 is 0 Å². The van der Waals surface area contributed by atoms with E-state index in [1.807, 2.05) is 35.2 Å². The van der Waals surface area contributed by atoms with Crippen LogP contribution in [-0.2, 0) is 16.0 Å². The molecule has 2 fully saturated rings. The van der Waals surface area contributed by atoms with E-state index in [4.69, 9.17) is 0 Å². The summed E-state index contributed by atoms with van der Waals surface area (Å²) < 4.78 is 0. The molecule has 1 aliphatic carbocycles. The van der Waals surface area contributed by atoms with Crippen LogP contribution in [0.1, 0.15) is 51.5 Å². The van der Waals surface area contributed by atoms with Crippen molar-refractivity contribution in [3.63, 3.8) is 0 Å². The van der Waals surface area contributed by atoms with Crippen molar-refractivity contribution >= 4 is 11.8 Å². The van der Waals surface area contributed by atoms with E-state index in [0.717, 1.165) is 31.2 Å². The zero-order valence-electron chi connectivity index (χ0n) is 16.6. The van der Waals surface area contributed by atoms with E-state index < -0.39 is 6.10 Å². The molecule has 27 heavy (non-hydrogen) atoms. The van der Waals surface area contributed by atoms with E-state index in [-0.39, 0.29) is 29.8 Å². The Balaban J connectivity index is 1.67. The van der Waals surface area contributed by atoms with E-state index in [1.165, 1.54) is 0 Å². The molecule has 1 saturated heterocycles. The zero-order chi connectivity index (χ0) is 19.4. The highest BCUT2D eigenvalue weighted by Crippen LogP contribution is 2.30. The third kappa shape index (κ3) is 5.10. The minimum Gasteiger partial charge on any atom is -0.391 e. The van der Waals surface area contributed by atoms with Crippen molar-refractivity contribution in [2.24, 2.45) is 5.41 Å². The van der Waals surface area contributed by atoms with Crippen molar-refractivity contribution in [2.75, 3.05) is 19.6 Å². The summed E-state index contributed by atoms with van der Waals surface area (Å²) in [5.41, 5.74) is 0.948. The van der Waals surface area contributed by atoms with Crippen LogP contribution >= 0.6 is 0 Å². The SMILES string of the molecule is CC1(C)CN(C(=O)CCc2ccccc2)CC(=O)N([C@@H]2CCCC[C@H]2O)C1. The van der Waals surface area contributed by atoms with Gasteiger partial charge in [-0.25, -0.2) is 0 Å². The van der Waals surface area contributed by atoms with Crippen molar-refractivity contribution < 1.29 is 14.7 Å². The van der Waals surface area contributed by atoms with Crippen LogP contribution in [0.4, 0.5) is 0 Å². The first kappa shape index (κ1) is 19.9. The van der Waals surface area contributed by atoms with Crippen molar-refractivity contribution in [2.45, 2.75) is 64.5 Å². The minimum atomic E-state index is -0.446. The highest BCUT2D eigenvalue weighted by Gasteiger charge is 2.40. The van der Waals surface area contributed by atoms with Gasteiger partial charge in [0.2, 0.25) is 11.8 Å². The third-order valence-corrected chi connectivity index (χ3v) is 5.78. The highest BCUT2D eigenvalue weighted by molar-refractivity contribution is 5.85. The first-order valence-corrected chi connectivity index (χ1v) is 10.1. The number of hydrogen-bond donors (Lipinski definition) is 1. The number of rotatable bonds is 4. The molecule has 148 valence electrons. The van der Waals surface area contributed by atoms with Gasteiger partial charge in [0, 0.05) is 19.5 Å². The van der Waals surface area contributed by atoms with Crippen LogP contribution in [0.15, 0.2) is 30.3 Å². The minimum absolute atomic E-state index is 0.0282. The molecule has 1 heterocycles. The second-order valence-electron chi connectivity index (χ2n) is 8.84. The van der Waals surface area contributed by atoms with E-state index in [9.17, 15) is 14.7 Å². The number of aliphatic hydroxyl groups is 1. The Hall–Kier alpha value is -1.88. The van der Waals surface area contributed by atoms with Gasteiger partial charge in [-0.15, -0.1) is 0 Å². The smallest absolute Gasteiger partial charge is 0.242 e. The lowest BCUT2D eigenvalue weighted by Crippen LogP contribution is -2.51. The predicted octanol–water partition coefficient (Wildman–Crippen LogP) is 2.62. The lowest BCUT2D eigenvalue weighted by Gasteiger charge is -2.39. The molecule has 0 bridgehead atoms. The molecule has 1 aromatic rings. The fraction of sp³-hybridized carbons (Fsp3) is 0.636. The molecule has 0 unspecified atom stereocenters. The number of nitrogens with zero attached hydrogens (tertiary/aromatic N) is 2. The summed E-state index contributed by atoms with van der Waals surface area (Å²) in [4.78, 5) is 29.3. The Labute approximate surface area is 162 Å². The van der Waals surface area contributed by atoms with Crippen molar-refractivity contribution in [1.29, 1.82) is 0 Å². The van der Waals surface area contributed by atoms with E-state index >= 15 is 0 Å². The summed E-state index contributed by atoms with van der Waals surface area (Å²) >= 11 is 0. The summed E-state index contributed by atoms with van der Waals surface area (Å²) in [6, 6.07) is 9.87. The second-order valence-corrected chi connectivity index (χ2v) is 8.84. The van der Waals surface area contributed by atoms with Gasteiger partial charge < -0.3 is 14.9 Å².